The average molecular weight is 316 g/mol. The lowest BCUT2D eigenvalue weighted by Crippen LogP contribution is -2.44. The molecule has 0 fully saturated rings. The highest BCUT2D eigenvalue weighted by Crippen LogP contribution is 2.25. The Hall–Kier alpha value is -2.20. The molecule has 0 saturated carbocycles. The zero-order valence-corrected chi connectivity index (χ0v) is 12.3. The van der Waals surface area contributed by atoms with Gasteiger partial charge in [0.15, 0.2) is 4.90 Å². The Kier molecular flexibility index (Phi) is 5.22. The summed E-state index contributed by atoms with van der Waals surface area (Å²) in [4.78, 5) is 21.1. The van der Waals surface area contributed by atoms with Crippen molar-refractivity contribution in [3.8, 4) is 0 Å². The van der Waals surface area contributed by atoms with E-state index in [0.29, 0.717) is 6.54 Å². The fourth-order valence-corrected chi connectivity index (χ4v) is 2.94. The number of nitrogen functional groups attached to an aromatic ring is 1. The molecule has 10 heteroatoms. The van der Waals surface area contributed by atoms with Crippen molar-refractivity contribution in [3.63, 3.8) is 0 Å². The van der Waals surface area contributed by atoms with Crippen LogP contribution >= 0.6 is 0 Å². The van der Waals surface area contributed by atoms with Crippen molar-refractivity contribution in [2.75, 3.05) is 12.3 Å². The minimum atomic E-state index is -4.22. The number of benzene rings is 1. The Morgan fingerprint density at radius 1 is 1.48 bits per heavy atom. The number of rotatable bonds is 6. The van der Waals surface area contributed by atoms with E-state index in [4.69, 9.17) is 5.73 Å². The first-order valence-corrected chi connectivity index (χ1v) is 7.51. The second-order valence-corrected chi connectivity index (χ2v) is 5.90. The molecule has 0 aliphatic heterocycles. The molecule has 1 rings (SSSR count). The normalized spacial score (nSPS) is 12.7. The second kappa shape index (κ2) is 6.50. The number of amides is 1. The van der Waals surface area contributed by atoms with Crippen LogP contribution in [-0.2, 0) is 14.8 Å². The Balaban J connectivity index is 3.14. The third-order valence-corrected chi connectivity index (χ3v) is 4.13. The zero-order chi connectivity index (χ0) is 16.2. The summed E-state index contributed by atoms with van der Waals surface area (Å²) >= 11 is 0. The van der Waals surface area contributed by atoms with Crippen molar-refractivity contribution >= 4 is 27.3 Å². The van der Waals surface area contributed by atoms with Gasteiger partial charge in [-0.15, -0.1) is 0 Å². The molecule has 116 valence electrons. The summed E-state index contributed by atoms with van der Waals surface area (Å²) in [6.07, 6.45) is 0. The first kappa shape index (κ1) is 16.9. The van der Waals surface area contributed by atoms with Crippen LogP contribution in [0.15, 0.2) is 23.1 Å². The molecule has 1 amide bonds. The summed E-state index contributed by atoms with van der Waals surface area (Å²) in [5.41, 5.74) is 4.83. The lowest BCUT2D eigenvalue weighted by atomic mass is 10.3. The SMILES string of the molecule is CCNC(=O)C(C)NS(=O)(=O)c1ccc(N)cc1[N+](=O)[O-]. The minimum Gasteiger partial charge on any atom is -0.399 e. The maximum atomic E-state index is 12.2. The number of anilines is 1. The molecular weight excluding hydrogens is 300 g/mol. The number of hydrogen-bond donors (Lipinski definition) is 3. The van der Waals surface area contributed by atoms with Gasteiger partial charge in [0.25, 0.3) is 5.69 Å². The minimum absolute atomic E-state index is 0.0671. The van der Waals surface area contributed by atoms with Crippen LogP contribution in [0.4, 0.5) is 11.4 Å². The van der Waals surface area contributed by atoms with E-state index in [1.54, 1.807) is 6.92 Å². The van der Waals surface area contributed by atoms with Crippen LogP contribution in [0, 0.1) is 10.1 Å². The van der Waals surface area contributed by atoms with Crippen molar-refractivity contribution in [1.29, 1.82) is 0 Å². The molecule has 1 aromatic rings. The number of nitro benzene ring substituents is 1. The first-order valence-electron chi connectivity index (χ1n) is 6.03. The third-order valence-electron chi connectivity index (χ3n) is 2.55. The van der Waals surface area contributed by atoms with E-state index >= 15 is 0 Å². The molecule has 0 aromatic heterocycles. The molecule has 0 spiro atoms. The van der Waals surface area contributed by atoms with Crippen LogP contribution in [0.5, 0.6) is 0 Å². The van der Waals surface area contributed by atoms with E-state index in [1.165, 1.54) is 13.0 Å². The van der Waals surface area contributed by atoms with Crippen LogP contribution in [0.3, 0.4) is 0 Å². The van der Waals surface area contributed by atoms with Gasteiger partial charge in [0.05, 0.1) is 11.0 Å². The van der Waals surface area contributed by atoms with Gasteiger partial charge in [-0.2, -0.15) is 4.72 Å². The average Bonchev–Trinajstić information content (AvgIpc) is 2.37. The summed E-state index contributed by atoms with van der Waals surface area (Å²) in [7, 11) is -4.22. The maximum absolute atomic E-state index is 12.2. The van der Waals surface area contributed by atoms with E-state index < -0.39 is 37.5 Å². The van der Waals surface area contributed by atoms with Gasteiger partial charge >= 0.3 is 0 Å². The predicted molar refractivity (Wildman–Crippen MR) is 76.0 cm³/mol. The molecule has 1 unspecified atom stereocenters. The molecule has 0 radical (unpaired) electrons. The fourth-order valence-electron chi connectivity index (χ4n) is 1.58. The molecule has 0 heterocycles. The fraction of sp³-hybridized carbons (Fsp3) is 0.364. The predicted octanol–water partition coefficient (Wildman–Crippen LogP) is -0.0201. The van der Waals surface area contributed by atoms with Crippen molar-refractivity contribution in [3.05, 3.63) is 28.3 Å². The first-order chi connectivity index (χ1) is 9.69. The Bertz CT molecular complexity index is 659. The number of hydrogen-bond acceptors (Lipinski definition) is 6. The number of nitro groups is 1. The molecule has 1 atom stereocenters. The highest BCUT2D eigenvalue weighted by atomic mass is 32.2. The molecular formula is C11H16N4O5S. The van der Waals surface area contributed by atoms with E-state index in [1.807, 2.05) is 0 Å². The largest absolute Gasteiger partial charge is 0.399 e. The van der Waals surface area contributed by atoms with E-state index in [2.05, 4.69) is 10.0 Å². The van der Waals surface area contributed by atoms with Crippen LogP contribution in [0.2, 0.25) is 0 Å². The Morgan fingerprint density at radius 3 is 2.62 bits per heavy atom. The zero-order valence-electron chi connectivity index (χ0n) is 11.5. The van der Waals surface area contributed by atoms with E-state index in [0.717, 1.165) is 12.1 Å². The number of nitrogens with two attached hydrogens (primary N) is 1. The highest BCUT2D eigenvalue weighted by molar-refractivity contribution is 7.89. The van der Waals surface area contributed by atoms with Gasteiger partial charge in [0.1, 0.15) is 0 Å². The van der Waals surface area contributed by atoms with E-state index in [-0.39, 0.29) is 5.69 Å². The number of likely N-dealkylation sites (N-methyl/N-ethyl adjacent to an activating group) is 1. The van der Waals surface area contributed by atoms with Gasteiger partial charge in [-0.25, -0.2) is 8.42 Å². The summed E-state index contributed by atoms with van der Waals surface area (Å²) in [6.45, 7) is 3.36. The summed E-state index contributed by atoms with van der Waals surface area (Å²) < 4.78 is 26.4. The van der Waals surface area contributed by atoms with Crippen LogP contribution < -0.4 is 15.8 Å². The van der Waals surface area contributed by atoms with Gasteiger partial charge in [0.2, 0.25) is 15.9 Å². The second-order valence-electron chi connectivity index (χ2n) is 4.22. The standard InChI is InChI=1S/C11H16N4O5S/c1-3-13-11(16)7(2)14-21(19,20)10-5-4-8(12)6-9(10)15(17)18/h4-7,14H,3,12H2,1-2H3,(H,13,16). The van der Waals surface area contributed by atoms with Gasteiger partial charge in [-0.3, -0.25) is 14.9 Å². The van der Waals surface area contributed by atoms with Crippen LogP contribution in [0.25, 0.3) is 0 Å². The molecule has 4 N–H and O–H groups in total. The Labute approximate surface area is 121 Å². The Morgan fingerprint density at radius 2 is 2.10 bits per heavy atom. The summed E-state index contributed by atoms with van der Waals surface area (Å²) in [6, 6.07) is 2.15. The number of nitrogens with one attached hydrogen (secondary N) is 2. The van der Waals surface area contributed by atoms with Crippen molar-refractivity contribution < 1.29 is 18.1 Å². The van der Waals surface area contributed by atoms with Gasteiger partial charge in [-0.05, 0) is 26.0 Å². The lowest BCUT2D eigenvalue weighted by molar-refractivity contribution is -0.387. The quantitative estimate of drug-likeness (QED) is 0.382. The van der Waals surface area contributed by atoms with Gasteiger partial charge in [-0.1, -0.05) is 0 Å². The summed E-state index contributed by atoms with van der Waals surface area (Å²) in [5, 5.41) is 13.4. The van der Waals surface area contributed by atoms with Crippen molar-refractivity contribution in [1.82, 2.24) is 10.0 Å². The molecule has 0 bridgehead atoms. The third kappa shape index (κ3) is 4.13. The molecule has 9 nitrogen and oxygen atoms in total. The lowest BCUT2D eigenvalue weighted by Gasteiger charge is -2.13. The smallest absolute Gasteiger partial charge is 0.291 e. The number of carbonyl (C=O) groups is 1. The number of carbonyl (C=O) groups excluding carboxylic acids is 1. The monoisotopic (exact) mass is 316 g/mol. The molecule has 0 saturated heterocycles. The van der Waals surface area contributed by atoms with Crippen LogP contribution in [-0.4, -0.2) is 31.8 Å². The topological polar surface area (TPSA) is 144 Å². The molecule has 1 aromatic carbocycles. The van der Waals surface area contributed by atoms with Crippen molar-refractivity contribution in [2.45, 2.75) is 24.8 Å². The van der Waals surface area contributed by atoms with Gasteiger partial charge < -0.3 is 11.1 Å². The molecule has 0 aliphatic carbocycles. The molecule has 21 heavy (non-hydrogen) atoms. The highest BCUT2D eigenvalue weighted by Gasteiger charge is 2.28. The van der Waals surface area contributed by atoms with Gasteiger partial charge in [0, 0.05) is 18.3 Å². The summed E-state index contributed by atoms with van der Waals surface area (Å²) in [5.74, 6) is -0.529. The molecule has 0 aliphatic rings. The van der Waals surface area contributed by atoms with E-state index in [9.17, 15) is 23.3 Å². The van der Waals surface area contributed by atoms with Crippen molar-refractivity contribution in [2.24, 2.45) is 0 Å². The maximum Gasteiger partial charge on any atom is 0.291 e. The van der Waals surface area contributed by atoms with Crippen LogP contribution in [0.1, 0.15) is 13.8 Å². The number of sulfonamides is 1. The number of nitrogens with zero attached hydrogens (tertiary/aromatic N) is 1.